The van der Waals surface area contributed by atoms with Crippen LogP contribution in [0.15, 0.2) is 45.8 Å². The van der Waals surface area contributed by atoms with Crippen molar-refractivity contribution in [3.63, 3.8) is 0 Å². The fraction of sp³-hybridized carbons (Fsp3) is 0.318. The Morgan fingerprint density at radius 1 is 1.10 bits per heavy atom. The topological polar surface area (TPSA) is 84.2 Å². The SMILES string of the molecule is Cc1cc(CSc2ccccc2C(=O)NNC(=O)c2cc3c(s2)CCCCC3)on1. The lowest BCUT2D eigenvalue weighted by Crippen LogP contribution is -2.41. The van der Waals surface area contributed by atoms with Crippen LogP contribution >= 0.6 is 23.1 Å². The lowest BCUT2D eigenvalue weighted by atomic mass is 10.1. The van der Waals surface area contributed by atoms with Gasteiger partial charge in [0.25, 0.3) is 11.8 Å². The van der Waals surface area contributed by atoms with Gasteiger partial charge in [0.05, 0.1) is 21.9 Å². The first-order valence-corrected chi connectivity index (χ1v) is 11.8. The van der Waals surface area contributed by atoms with Crippen LogP contribution in [-0.2, 0) is 18.6 Å². The van der Waals surface area contributed by atoms with Gasteiger partial charge in [0.2, 0.25) is 0 Å². The summed E-state index contributed by atoms with van der Waals surface area (Å²) in [6, 6.07) is 11.1. The fourth-order valence-corrected chi connectivity index (χ4v) is 5.51. The Hall–Kier alpha value is -2.58. The van der Waals surface area contributed by atoms with E-state index in [1.54, 1.807) is 12.1 Å². The van der Waals surface area contributed by atoms with E-state index in [0.29, 0.717) is 16.2 Å². The summed E-state index contributed by atoms with van der Waals surface area (Å²) in [4.78, 5) is 28.0. The normalized spacial score (nSPS) is 13.4. The summed E-state index contributed by atoms with van der Waals surface area (Å²) in [6.45, 7) is 1.87. The van der Waals surface area contributed by atoms with Crippen molar-refractivity contribution in [3.05, 3.63) is 68.7 Å². The molecule has 156 valence electrons. The molecule has 2 heterocycles. The van der Waals surface area contributed by atoms with Crippen molar-refractivity contribution >= 4 is 34.9 Å². The van der Waals surface area contributed by atoms with E-state index in [2.05, 4.69) is 16.0 Å². The summed E-state index contributed by atoms with van der Waals surface area (Å²) in [6.07, 6.45) is 5.65. The number of nitrogens with one attached hydrogen (secondary N) is 2. The number of aryl methyl sites for hydroxylation is 3. The van der Waals surface area contributed by atoms with Gasteiger partial charge in [-0.05, 0) is 56.4 Å². The van der Waals surface area contributed by atoms with Gasteiger partial charge in [0.1, 0.15) is 5.76 Å². The molecular weight excluding hydrogens is 418 g/mol. The molecule has 1 aromatic carbocycles. The number of carbonyl (C=O) groups is 2. The Labute approximate surface area is 183 Å². The minimum Gasteiger partial charge on any atom is -0.360 e. The summed E-state index contributed by atoms with van der Waals surface area (Å²) in [5.74, 6) is 0.693. The number of rotatable bonds is 5. The molecule has 0 saturated heterocycles. The molecule has 4 rings (SSSR count). The molecule has 1 aliphatic rings. The van der Waals surface area contributed by atoms with Gasteiger partial charge in [0.15, 0.2) is 0 Å². The number of carbonyl (C=O) groups excluding carboxylic acids is 2. The van der Waals surface area contributed by atoms with Crippen molar-refractivity contribution in [3.8, 4) is 0 Å². The molecule has 0 fully saturated rings. The number of amides is 2. The molecule has 0 radical (unpaired) electrons. The zero-order chi connectivity index (χ0) is 20.9. The Morgan fingerprint density at radius 3 is 2.73 bits per heavy atom. The highest BCUT2D eigenvalue weighted by atomic mass is 32.2. The average molecular weight is 442 g/mol. The summed E-state index contributed by atoms with van der Waals surface area (Å²) in [7, 11) is 0. The van der Waals surface area contributed by atoms with Gasteiger partial charge in [-0.3, -0.25) is 20.4 Å². The van der Waals surface area contributed by atoms with E-state index in [4.69, 9.17) is 4.52 Å². The number of hydrogen-bond acceptors (Lipinski definition) is 6. The summed E-state index contributed by atoms with van der Waals surface area (Å²) < 4.78 is 5.23. The first-order chi connectivity index (χ1) is 14.6. The summed E-state index contributed by atoms with van der Waals surface area (Å²) >= 11 is 3.02. The van der Waals surface area contributed by atoms with E-state index >= 15 is 0 Å². The Bertz CT molecular complexity index is 1030. The Kier molecular flexibility index (Phi) is 6.54. The van der Waals surface area contributed by atoms with E-state index in [1.807, 2.05) is 31.2 Å². The first kappa shape index (κ1) is 20.7. The molecule has 1 aliphatic carbocycles. The van der Waals surface area contributed by atoms with Crippen LogP contribution in [0.2, 0.25) is 0 Å². The van der Waals surface area contributed by atoms with Crippen molar-refractivity contribution in [1.82, 2.24) is 16.0 Å². The van der Waals surface area contributed by atoms with E-state index in [0.717, 1.165) is 29.2 Å². The van der Waals surface area contributed by atoms with Crippen molar-refractivity contribution < 1.29 is 14.1 Å². The second-order valence-electron chi connectivity index (χ2n) is 7.25. The maximum Gasteiger partial charge on any atom is 0.279 e. The molecule has 0 unspecified atom stereocenters. The van der Waals surface area contributed by atoms with E-state index in [9.17, 15) is 9.59 Å². The number of nitrogens with zero attached hydrogens (tertiary/aromatic N) is 1. The number of hydrazine groups is 1. The molecule has 2 N–H and O–H groups in total. The van der Waals surface area contributed by atoms with Crippen LogP contribution in [0.4, 0.5) is 0 Å². The predicted molar refractivity (Wildman–Crippen MR) is 118 cm³/mol. The molecule has 3 aromatic rings. The molecule has 2 amide bonds. The maximum absolute atomic E-state index is 12.7. The highest BCUT2D eigenvalue weighted by Gasteiger charge is 2.18. The minimum absolute atomic E-state index is 0.274. The highest BCUT2D eigenvalue weighted by molar-refractivity contribution is 7.98. The van der Waals surface area contributed by atoms with Crippen molar-refractivity contribution in [1.29, 1.82) is 0 Å². The van der Waals surface area contributed by atoms with E-state index in [-0.39, 0.29) is 11.8 Å². The third-order valence-corrected chi connectivity index (χ3v) is 7.27. The van der Waals surface area contributed by atoms with Gasteiger partial charge in [-0.2, -0.15) is 0 Å². The third kappa shape index (κ3) is 4.94. The lowest BCUT2D eigenvalue weighted by Gasteiger charge is -2.10. The van der Waals surface area contributed by atoms with Crippen LogP contribution in [0.1, 0.15) is 61.2 Å². The second-order valence-corrected chi connectivity index (χ2v) is 9.40. The molecular formula is C22H23N3O3S2. The molecule has 2 aromatic heterocycles. The van der Waals surface area contributed by atoms with Gasteiger partial charge in [0, 0.05) is 15.8 Å². The van der Waals surface area contributed by atoms with Gasteiger partial charge < -0.3 is 4.52 Å². The van der Waals surface area contributed by atoms with Gasteiger partial charge in [-0.15, -0.1) is 23.1 Å². The molecule has 0 saturated carbocycles. The van der Waals surface area contributed by atoms with Crippen LogP contribution in [0, 0.1) is 6.92 Å². The highest BCUT2D eigenvalue weighted by Crippen LogP contribution is 2.29. The number of benzene rings is 1. The molecule has 8 heteroatoms. The number of hydrogen-bond donors (Lipinski definition) is 2. The van der Waals surface area contributed by atoms with Crippen LogP contribution < -0.4 is 10.9 Å². The van der Waals surface area contributed by atoms with Crippen molar-refractivity contribution in [2.24, 2.45) is 0 Å². The molecule has 0 atom stereocenters. The molecule has 6 nitrogen and oxygen atoms in total. The summed E-state index contributed by atoms with van der Waals surface area (Å²) in [5.41, 5.74) is 7.71. The van der Waals surface area contributed by atoms with Crippen molar-refractivity contribution in [2.45, 2.75) is 49.7 Å². The zero-order valence-electron chi connectivity index (χ0n) is 16.7. The average Bonchev–Trinajstić information content (AvgIpc) is 3.30. The number of aromatic nitrogens is 1. The standard InChI is InChI=1S/C22H23N3O3S2/c1-14-11-16(28-25-14)13-29-19-10-6-5-8-17(19)21(26)23-24-22(27)20-12-15-7-3-2-4-9-18(15)30-20/h5-6,8,10-12H,2-4,7,9,13H2,1H3,(H,23,26)(H,24,27). The number of thioether (sulfide) groups is 1. The molecule has 0 spiro atoms. The Morgan fingerprint density at radius 2 is 1.90 bits per heavy atom. The predicted octanol–water partition coefficient (Wildman–Crippen LogP) is 4.68. The monoisotopic (exact) mass is 441 g/mol. The number of fused-ring (bicyclic) bond motifs is 1. The largest absolute Gasteiger partial charge is 0.360 e. The van der Waals surface area contributed by atoms with E-state index in [1.165, 1.54) is 52.8 Å². The first-order valence-electron chi connectivity index (χ1n) is 9.96. The third-order valence-electron chi connectivity index (χ3n) is 4.94. The second kappa shape index (κ2) is 9.49. The van der Waals surface area contributed by atoms with Gasteiger partial charge in [-0.25, -0.2) is 0 Å². The quantitative estimate of drug-likeness (QED) is 0.341. The Balaban J connectivity index is 1.37. The van der Waals surface area contributed by atoms with Gasteiger partial charge in [-0.1, -0.05) is 23.7 Å². The minimum atomic E-state index is -0.349. The zero-order valence-corrected chi connectivity index (χ0v) is 18.3. The fourth-order valence-electron chi connectivity index (χ4n) is 3.44. The molecule has 0 bridgehead atoms. The lowest BCUT2D eigenvalue weighted by molar-refractivity contribution is 0.0847. The van der Waals surface area contributed by atoms with Gasteiger partial charge >= 0.3 is 0 Å². The van der Waals surface area contributed by atoms with E-state index < -0.39 is 0 Å². The van der Waals surface area contributed by atoms with Crippen molar-refractivity contribution in [2.75, 3.05) is 0 Å². The number of thiophene rings is 1. The van der Waals surface area contributed by atoms with Crippen LogP contribution in [-0.4, -0.2) is 17.0 Å². The smallest absolute Gasteiger partial charge is 0.279 e. The molecule has 30 heavy (non-hydrogen) atoms. The maximum atomic E-state index is 12.7. The molecule has 0 aliphatic heterocycles. The van der Waals surface area contributed by atoms with Crippen LogP contribution in [0.5, 0.6) is 0 Å². The van der Waals surface area contributed by atoms with Crippen LogP contribution in [0.25, 0.3) is 0 Å². The van der Waals surface area contributed by atoms with Crippen LogP contribution in [0.3, 0.4) is 0 Å². The summed E-state index contributed by atoms with van der Waals surface area (Å²) in [5, 5.41) is 3.88.